The fourth-order valence-electron chi connectivity index (χ4n) is 1.24. The molecule has 2 rings (SSSR count). The van der Waals surface area contributed by atoms with E-state index in [1.54, 1.807) is 12.1 Å². The molecule has 2 aromatic rings. The quantitative estimate of drug-likeness (QED) is 0.561. The summed E-state index contributed by atoms with van der Waals surface area (Å²) in [5.74, 6) is 0. The van der Waals surface area contributed by atoms with Crippen LogP contribution in [0.1, 0.15) is 10.4 Å². The van der Waals surface area contributed by atoms with Crippen molar-refractivity contribution in [3.63, 3.8) is 0 Å². The maximum Gasteiger partial charge on any atom is 0.177 e. The molecule has 0 aliphatic heterocycles. The molecule has 0 amide bonds. The number of carbonyl (C=O) groups excluding carboxylic acids is 1. The van der Waals surface area contributed by atoms with Gasteiger partial charge in [0, 0.05) is 5.56 Å². The van der Waals surface area contributed by atoms with Gasteiger partial charge in [-0.15, -0.1) is 11.3 Å². The van der Waals surface area contributed by atoms with Crippen molar-refractivity contribution in [2.75, 3.05) is 5.73 Å². The number of anilines is 1. The second kappa shape index (κ2) is 2.81. The molecule has 1 heterocycles. The van der Waals surface area contributed by atoms with Gasteiger partial charge in [0.25, 0.3) is 0 Å². The smallest absolute Gasteiger partial charge is 0.177 e. The number of carbonyl (C=O) groups is 1. The second-order valence-corrected chi connectivity index (χ2v) is 3.70. The van der Waals surface area contributed by atoms with Crippen LogP contribution in [0.15, 0.2) is 18.2 Å². The monoisotopic (exact) mass is 195 g/mol. The number of fused-ring (bicyclic) bond motifs is 1. The van der Waals surface area contributed by atoms with E-state index in [0.717, 1.165) is 11.3 Å². The number of halogens is 1. The summed E-state index contributed by atoms with van der Waals surface area (Å²) in [7, 11) is 0. The van der Waals surface area contributed by atoms with E-state index in [1.165, 1.54) is 6.07 Å². The molecule has 0 atom stereocenters. The van der Waals surface area contributed by atoms with Gasteiger partial charge in [-0.25, -0.2) is 0 Å². The van der Waals surface area contributed by atoms with Crippen LogP contribution < -0.4 is 5.73 Å². The predicted molar refractivity (Wildman–Crippen MR) is 51.6 cm³/mol. The Labute approximate surface area is 77.8 Å². The van der Waals surface area contributed by atoms with E-state index >= 15 is 0 Å². The zero-order chi connectivity index (χ0) is 9.42. The molecule has 66 valence electrons. The van der Waals surface area contributed by atoms with Gasteiger partial charge in [-0.3, -0.25) is 4.79 Å². The van der Waals surface area contributed by atoms with Gasteiger partial charge in [0.15, 0.2) is 5.13 Å². The van der Waals surface area contributed by atoms with E-state index in [2.05, 4.69) is 0 Å². The Bertz CT molecular complexity index is 478. The van der Waals surface area contributed by atoms with Crippen molar-refractivity contribution >= 4 is 33.4 Å². The summed E-state index contributed by atoms with van der Waals surface area (Å²) in [6.07, 6.45) is 0.700. The second-order valence-electron chi connectivity index (χ2n) is 2.70. The lowest BCUT2D eigenvalue weighted by molar-refractivity contribution is 0.112. The van der Waals surface area contributed by atoms with Crippen molar-refractivity contribution in [1.29, 1.82) is 0 Å². The minimum Gasteiger partial charge on any atom is -0.398 e. The SMILES string of the molecule is Nc1cc(C=O)cc2cc(F)sc12. The van der Waals surface area contributed by atoms with Crippen LogP contribution in [0.4, 0.5) is 10.1 Å². The summed E-state index contributed by atoms with van der Waals surface area (Å²) in [5.41, 5.74) is 6.56. The Kier molecular flexibility index (Phi) is 1.77. The van der Waals surface area contributed by atoms with Crippen molar-refractivity contribution in [3.8, 4) is 0 Å². The van der Waals surface area contributed by atoms with Gasteiger partial charge in [-0.2, -0.15) is 4.39 Å². The Hall–Kier alpha value is -1.42. The summed E-state index contributed by atoms with van der Waals surface area (Å²) in [5, 5.41) is 0.398. The molecule has 0 spiro atoms. The Balaban J connectivity index is 2.82. The van der Waals surface area contributed by atoms with Gasteiger partial charge in [0.1, 0.15) is 6.29 Å². The van der Waals surface area contributed by atoms with Gasteiger partial charge in [0.05, 0.1) is 10.4 Å². The van der Waals surface area contributed by atoms with Crippen LogP contribution in [0.3, 0.4) is 0 Å². The van der Waals surface area contributed by atoms with E-state index < -0.39 is 0 Å². The number of aldehydes is 1. The zero-order valence-electron chi connectivity index (χ0n) is 6.58. The molecule has 1 aromatic carbocycles. The number of hydrogen-bond acceptors (Lipinski definition) is 3. The molecule has 2 N–H and O–H groups in total. The van der Waals surface area contributed by atoms with Crippen molar-refractivity contribution in [2.45, 2.75) is 0 Å². The topological polar surface area (TPSA) is 43.1 Å². The summed E-state index contributed by atoms with van der Waals surface area (Å²) in [6.45, 7) is 0. The van der Waals surface area contributed by atoms with Gasteiger partial charge in [0.2, 0.25) is 0 Å². The molecule has 0 saturated heterocycles. The Morgan fingerprint density at radius 2 is 2.15 bits per heavy atom. The maximum absolute atomic E-state index is 12.8. The highest BCUT2D eigenvalue weighted by Gasteiger charge is 2.05. The molecular formula is C9H6FNOS. The van der Waals surface area contributed by atoms with Crippen LogP contribution in [-0.2, 0) is 0 Å². The lowest BCUT2D eigenvalue weighted by atomic mass is 10.1. The first kappa shape index (κ1) is 8.19. The lowest BCUT2D eigenvalue weighted by Gasteiger charge is -1.96. The number of benzene rings is 1. The van der Waals surface area contributed by atoms with Crippen molar-refractivity contribution in [3.05, 3.63) is 28.9 Å². The highest BCUT2D eigenvalue weighted by Crippen LogP contribution is 2.30. The Morgan fingerprint density at radius 1 is 1.38 bits per heavy atom. The molecule has 0 bridgehead atoms. The minimum absolute atomic E-state index is 0.287. The summed E-state index contributed by atoms with van der Waals surface area (Å²) < 4.78 is 13.5. The van der Waals surface area contributed by atoms with Crippen LogP contribution in [0.5, 0.6) is 0 Å². The van der Waals surface area contributed by atoms with Crippen molar-refractivity contribution in [1.82, 2.24) is 0 Å². The van der Waals surface area contributed by atoms with E-state index in [9.17, 15) is 9.18 Å². The third-order valence-electron chi connectivity index (χ3n) is 1.77. The van der Waals surface area contributed by atoms with E-state index in [-0.39, 0.29) is 5.13 Å². The molecule has 13 heavy (non-hydrogen) atoms. The summed E-state index contributed by atoms with van der Waals surface area (Å²) in [4.78, 5) is 10.5. The molecule has 4 heteroatoms. The molecule has 2 nitrogen and oxygen atoms in total. The molecule has 0 aliphatic rings. The fourth-order valence-corrected chi connectivity index (χ4v) is 2.03. The number of rotatable bonds is 1. The lowest BCUT2D eigenvalue weighted by Crippen LogP contribution is -1.87. The maximum atomic E-state index is 12.8. The molecule has 0 aliphatic carbocycles. The third kappa shape index (κ3) is 1.29. The third-order valence-corrected chi connectivity index (χ3v) is 2.76. The van der Waals surface area contributed by atoms with Crippen LogP contribution in [-0.4, -0.2) is 6.29 Å². The van der Waals surface area contributed by atoms with Crippen LogP contribution in [0.2, 0.25) is 0 Å². The van der Waals surface area contributed by atoms with Gasteiger partial charge in [-0.05, 0) is 23.6 Å². The predicted octanol–water partition coefficient (Wildman–Crippen LogP) is 2.44. The minimum atomic E-state index is -0.287. The highest BCUT2D eigenvalue weighted by molar-refractivity contribution is 7.18. The highest BCUT2D eigenvalue weighted by atomic mass is 32.1. The largest absolute Gasteiger partial charge is 0.398 e. The van der Waals surface area contributed by atoms with E-state index in [1.807, 2.05) is 0 Å². The van der Waals surface area contributed by atoms with E-state index in [4.69, 9.17) is 5.73 Å². The standard InChI is InChI=1S/C9H6FNOS/c10-8-3-6-1-5(4-12)2-7(11)9(6)13-8/h1-4H,11H2. The first-order chi connectivity index (χ1) is 6.20. The number of nitrogens with two attached hydrogens (primary N) is 1. The van der Waals surface area contributed by atoms with Crippen LogP contribution >= 0.6 is 11.3 Å². The first-order valence-electron chi connectivity index (χ1n) is 3.64. The number of nitrogen functional groups attached to an aromatic ring is 1. The van der Waals surface area contributed by atoms with Gasteiger partial charge < -0.3 is 5.73 Å². The van der Waals surface area contributed by atoms with Gasteiger partial charge in [-0.1, -0.05) is 0 Å². The van der Waals surface area contributed by atoms with Gasteiger partial charge >= 0.3 is 0 Å². The van der Waals surface area contributed by atoms with Crippen LogP contribution in [0, 0.1) is 5.13 Å². The summed E-state index contributed by atoms with van der Waals surface area (Å²) >= 11 is 0.990. The average molecular weight is 195 g/mol. The molecule has 0 fully saturated rings. The fraction of sp³-hybridized carbons (Fsp3) is 0. The molecule has 0 unspecified atom stereocenters. The number of thiophene rings is 1. The average Bonchev–Trinajstić information content (AvgIpc) is 2.46. The van der Waals surface area contributed by atoms with Crippen molar-refractivity contribution in [2.24, 2.45) is 0 Å². The number of hydrogen-bond donors (Lipinski definition) is 1. The molecular weight excluding hydrogens is 189 g/mol. The van der Waals surface area contributed by atoms with E-state index in [0.29, 0.717) is 27.6 Å². The van der Waals surface area contributed by atoms with Crippen molar-refractivity contribution < 1.29 is 9.18 Å². The Morgan fingerprint density at radius 3 is 2.85 bits per heavy atom. The molecule has 1 aromatic heterocycles. The normalized spacial score (nSPS) is 10.5. The molecule has 0 saturated carbocycles. The van der Waals surface area contributed by atoms with Crippen LogP contribution in [0.25, 0.3) is 10.1 Å². The first-order valence-corrected chi connectivity index (χ1v) is 4.46. The molecule has 0 radical (unpaired) electrons. The summed E-state index contributed by atoms with van der Waals surface area (Å²) in [6, 6.07) is 4.55. The zero-order valence-corrected chi connectivity index (χ0v) is 7.40.